The van der Waals surface area contributed by atoms with Gasteiger partial charge in [-0.2, -0.15) is 0 Å². The van der Waals surface area contributed by atoms with Crippen LogP contribution < -0.4 is 10.1 Å². The van der Waals surface area contributed by atoms with Crippen LogP contribution >= 0.6 is 0 Å². The highest BCUT2D eigenvalue weighted by Crippen LogP contribution is 2.16. The van der Waals surface area contributed by atoms with Gasteiger partial charge in [0.05, 0.1) is 5.69 Å². The fourth-order valence-corrected chi connectivity index (χ4v) is 2.14. The second-order valence-electron chi connectivity index (χ2n) is 4.73. The van der Waals surface area contributed by atoms with Gasteiger partial charge in [-0.1, -0.05) is 36.4 Å². The quantitative estimate of drug-likeness (QED) is 0.924. The molecule has 0 radical (unpaired) electrons. The average Bonchev–Trinajstić information content (AvgIpc) is 2.55. The molecule has 0 fully saturated rings. The molecular weight excluding hydrogens is 250 g/mol. The van der Waals surface area contributed by atoms with Crippen LogP contribution in [-0.4, -0.2) is 23.3 Å². The van der Waals surface area contributed by atoms with Gasteiger partial charge in [0.15, 0.2) is 0 Å². The van der Waals surface area contributed by atoms with Crippen molar-refractivity contribution in [2.45, 2.75) is 13.0 Å². The molecule has 0 saturated carbocycles. The maximum atomic E-state index is 5.63. The maximum absolute atomic E-state index is 5.63. The summed E-state index contributed by atoms with van der Waals surface area (Å²) in [5.41, 5.74) is 3.25. The van der Waals surface area contributed by atoms with E-state index >= 15 is 0 Å². The van der Waals surface area contributed by atoms with E-state index in [1.165, 1.54) is 5.57 Å². The highest BCUT2D eigenvalue weighted by atomic mass is 16.5. The van der Waals surface area contributed by atoms with Gasteiger partial charge in [-0.25, -0.2) is 0 Å². The molecule has 2 aromatic rings. The third-order valence-electron chi connectivity index (χ3n) is 3.23. The minimum Gasteiger partial charge on any atom is -0.472 e. The minimum atomic E-state index is 0.513. The summed E-state index contributed by atoms with van der Waals surface area (Å²) < 4.78 is 5.63. The third kappa shape index (κ3) is 3.22. The molecule has 2 heterocycles. The van der Waals surface area contributed by atoms with Crippen molar-refractivity contribution in [3.63, 3.8) is 0 Å². The Hall–Kier alpha value is -2.20. The van der Waals surface area contributed by atoms with Crippen molar-refractivity contribution in [1.29, 1.82) is 0 Å². The van der Waals surface area contributed by atoms with Gasteiger partial charge < -0.3 is 10.1 Å². The van der Waals surface area contributed by atoms with Crippen LogP contribution in [0.25, 0.3) is 5.57 Å². The lowest BCUT2D eigenvalue weighted by molar-refractivity contribution is 0.290. The zero-order chi connectivity index (χ0) is 13.6. The molecule has 4 heteroatoms. The maximum Gasteiger partial charge on any atom is 0.233 e. The zero-order valence-electron chi connectivity index (χ0n) is 11.2. The van der Waals surface area contributed by atoms with Crippen molar-refractivity contribution in [3.8, 4) is 5.88 Å². The van der Waals surface area contributed by atoms with E-state index in [-0.39, 0.29) is 0 Å². The number of aromatic nitrogens is 2. The van der Waals surface area contributed by atoms with Gasteiger partial charge in [0.2, 0.25) is 5.88 Å². The third-order valence-corrected chi connectivity index (χ3v) is 3.23. The van der Waals surface area contributed by atoms with Crippen molar-refractivity contribution >= 4 is 5.57 Å². The molecule has 0 bridgehead atoms. The molecule has 102 valence electrons. The molecular formula is C16H17N3O. The molecule has 3 rings (SSSR count). The second-order valence-corrected chi connectivity index (χ2v) is 4.73. The Balaban J connectivity index is 1.63. The monoisotopic (exact) mass is 267 g/mol. The van der Waals surface area contributed by atoms with Gasteiger partial charge in [-0.3, -0.25) is 0 Å². The minimum absolute atomic E-state index is 0.513. The lowest BCUT2D eigenvalue weighted by atomic mass is 10.1. The van der Waals surface area contributed by atoms with E-state index in [0.717, 1.165) is 30.8 Å². The molecule has 0 spiro atoms. The van der Waals surface area contributed by atoms with E-state index < -0.39 is 0 Å². The van der Waals surface area contributed by atoms with Gasteiger partial charge in [-0.05, 0) is 30.2 Å². The Bertz CT molecular complexity index is 578. The number of benzene rings is 1. The lowest BCUT2D eigenvalue weighted by Crippen LogP contribution is -2.21. The van der Waals surface area contributed by atoms with Crippen LogP contribution in [0.2, 0.25) is 0 Å². The Labute approximate surface area is 118 Å². The summed E-state index contributed by atoms with van der Waals surface area (Å²) in [6.07, 6.45) is 3.26. The standard InChI is InChI=1S/C16H17N3O/c1-2-5-13(6-3-1)12-20-16-9-8-15(18-19-16)14-7-4-10-17-11-14/h1-3,5-9,17H,4,10-12H2. The van der Waals surface area contributed by atoms with Crippen LogP contribution in [0.4, 0.5) is 0 Å². The van der Waals surface area contributed by atoms with E-state index in [1.54, 1.807) is 0 Å². The van der Waals surface area contributed by atoms with E-state index in [9.17, 15) is 0 Å². The highest BCUT2D eigenvalue weighted by Gasteiger charge is 2.07. The molecule has 0 atom stereocenters. The fourth-order valence-electron chi connectivity index (χ4n) is 2.14. The first-order chi connectivity index (χ1) is 9.92. The van der Waals surface area contributed by atoms with Crippen molar-refractivity contribution in [1.82, 2.24) is 15.5 Å². The van der Waals surface area contributed by atoms with Gasteiger partial charge >= 0.3 is 0 Å². The van der Waals surface area contributed by atoms with E-state index in [2.05, 4.69) is 21.6 Å². The Kier molecular flexibility index (Phi) is 4.04. The molecule has 0 saturated heterocycles. The smallest absolute Gasteiger partial charge is 0.233 e. The van der Waals surface area contributed by atoms with E-state index in [4.69, 9.17) is 4.74 Å². The Morgan fingerprint density at radius 2 is 1.95 bits per heavy atom. The van der Waals surface area contributed by atoms with Crippen LogP contribution in [0.15, 0.2) is 48.5 Å². The molecule has 0 unspecified atom stereocenters. The summed E-state index contributed by atoms with van der Waals surface area (Å²) in [4.78, 5) is 0. The topological polar surface area (TPSA) is 47.0 Å². The average molecular weight is 267 g/mol. The van der Waals surface area contributed by atoms with Gasteiger partial charge in [-0.15, -0.1) is 10.2 Å². The molecule has 1 aliphatic heterocycles. The van der Waals surface area contributed by atoms with E-state index in [0.29, 0.717) is 12.5 Å². The van der Waals surface area contributed by atoms with Crippen molar-refractivity contribution in [2.24, 2.45) is 0 Å². The summed E-state index contributed by atoms with van der Waals surface area (Å²) >= 11 is 0. The molecule has 20 heavy (non-hydrogen) atoms. The molecule has 0 amide bonds. The van der Waals surface area contributed by atoms with Gasteiger partial charge in [0, 0.05) is 12.6 Å². The first kappa shape index (κ1) is 12.8. The van der Waals surface area contributed by atoms with Crippen molar-refractivity contribution in [3.05, 3.63) is 59.8 Å². The predicted octanol–water partition coefficient (Wildman–Crippen LogP) is 2.43. The Morgan fingerprint density at radius 1 is 1.05 bits per heavy atom. The number of hydrogen-bond donors (Lipinski definition) is 1. The number of rotatable bonds is 4. The molecule has 1 N–H and O–H groups in total. The summed E-state index contributed by atoms with van der Waals surface area (Å²) in [5.74, 6) is 0.557. The van der Waals surface area contributed by atoms with Gasteiger partial charge in [0.1, 0.15) is 6.61 Å². The SMILES string of the molecule is C1=C(c2ccc(OCc3ccccc3)nn2)CNCC1. The van der Waals surface area contributed by atoms with Crippen LogP contribution in [0, 0.1) is 0 Å². The molecule has 1 aromatic carbocycles. The van der Waals surface area contributed by atoms with Crippen LogP contribution in [-0.2, 0) is 6.61 Å². The summed E-state index contributed by atoms with van der Waals surface area (Å²) in [5, 5.41) is 11.7. The fraction of sp³-hybridized carbons (Fsp3) is 0.250. The highest BCUT2D eigenvalue weighted by molar-refractivity contribution is 5.64. The molecule has 4 nitrogen and oxygen atoms in total. The number of hydrogen-bond acceptors (Lipinski definition) is 4. The largest absolute Gasteiger partial charge is 0.472 e. The summed E-state index contributed by atoms with van der Waals surface area (Å²) in [6.45, 7) is 2.41. The van der Waals surface area contributed by atoms with Crippen molar-refractivity contribution in [2.75, 3.05) is 13.1 Å². The number of ether oxygens (including phenoxy) is 1. The van der Waals surface area contributed by atoms with E-state index in [1.807, 2.05) is 42.5 Å². The zero-order valence-corrected chi connectivity index (χ0v) is 11.2. The summed E-state index contributed by atoms with van der Waals surface area (Å²) in [7, 11) is 0. The molecule has 1 aliphatic rings. The molecule has 1 aromatic heterocycles. The van der Waals surface area contributed by atoms with Crippen LogP contribution in [0.1, 0.15) is 17.7 Å². The molecule has 0 aliphatic carbocycles. The van der Waals surface area contributed by atoms with Gasteiger partial charge in [0.25, 0.3) is 0 Å². The lowest BCUT2D eigenvalue weighted by Gasteiger charge is -2.13. The number of nitrogens with zero attached hydrogens (tertiary/aromatic N) is 2. The van der Waals surface area contributed by atoms with Crippen LogP contribution in [0.5, 0.6) is 5.88 Å². The Morgan fingerprint density at radius 3 is 2.65 bits per heavy atom. The van der Waals surface area contributed by atoms with Crippen LogP contribution in [0.3, 0.4) is 0 Å². The predicted molar refractivity (Wildman–Crippen MR) is 78.3 cm³/mol. The first-order valence-electron chi connectivity index (χ1n) is 6.82. The number of nitrogens with one attached hydrogen (secondary N) is 1. The van der Waals surface area contributed by atoms with Crippen molar-refractivity contribution < 1.29 is 4.74 Å². The second kappa shape index (κ2) is 6.30. The normalized spacial score (nSPS) is 14.7. The first-order valence-corrected chi connectivity index (χ1v) is 6.82. The summed E-state index contributed by atoms with van der Waals surface area (Å²) in [6, 6.07) is 13.9.